The van der Waals surface area contributed by atoms with Crippen molar-refractivity contribution in [1.29, 1.82) is 0 Å². The summed E-state index contributed by atoms with van der Waals surface area (Å²) in [6.45, 7) is 1.98. The van der Waals surface area contributed by atoms with Gasteiger partial charge >= 0.3 is 5.97 Å². The van der Waals surface area contributed by atoms with Crippen molar-refractivity contribution < 1.29 is 31.5 Å². The monoisotopic (exact) mass is 532 g/mol. The Morgan fingerprint density at radius 2 is 1.39 bits per heavy atom. The Hall–Kier alpha value is -3.57. The van der Waals surface area contributed by atoms with E-state index < -0.39 is 26.0 Å². The molecule has 0 bridgehead atoms. The SMILES string of the molecule is CCCc1ccccc1NS(=O)(=O)c1ccc(OC)c(S(=O)(=O)Nc2ccccc2CCC(=O)O)c1. The summed E-state index contributed by atoms with van der Waals surface area (Å²) < 4.78 is 63.2. The molecule has 11 heteroatoms. The third-order valence-corrected chi connectivity index (χ3v) is 8.14. The fourth-order valence-corrected chi connectivity index (χ4v) is 6.12. The molecule has 0 spiro atoms. The Kier molecular flexibility index (Phi) is 8.59. The number of benzene rings is 3. The van der Waals surface area contributed by atoms with Crippen LogP contribution in [0, 0.1) is 0 Å². The van der Waals surface area contributed by atoms with Crippen molar-refractivity contribution in [2.24, 2.45) is 0 Å². The Bertz CT molecular complexity index is 1450. The zero-order valence-corrected chi connectivity index (χ0v) is 21.5. The predicted molar refractivity (Wildman–Crippen MR) is 137 cm³/mol. The molecule has 3 aromatic rings. The molecule has 9 nitrogen and oxygen atoms in total. The van der Waals surface area contributed by atoms with Crippen molar-refractivity contribution in [3.63, 3.8) is 0 Å². The average Bonchev–Trinajstić information content (AvgIpc) is 2.84. The standard InChI is InChI=1S/C25H28N2O7S2/c1-3-8-18-9-4-6-11-21(18)26-35(30,31)20-14-15-23(34-2)24(17-20)36(32,33)27-22-12-7-5-10-19(22)13-16-25(28)29/h4-7,9-12,14-15,17,26-27H,3,8,13,16H2,1-2H3,(H,28,29). The molecule has 0 saturated carbocycles. The Morgan fingerprint density at radius 3 is 1.94 bits per heavy atom. The van der Waals surface area contributed by atoms with Crippen LogP contribution in [0.25, 0.3) is 0 Å². The van der Waals surface area contributed by atoms with E-state index in [2.05, 4.69) is 9.44 Å². The van der Waals surface area contributed by atoms with Gasteiger partial charge in [0, 0.05) is 6.42 Å². The lowest BCUT2D eigenvalue weighted by atomic mass is 10.1. The highest BCUT2D eigenvalue weighted by molar-refractivity contribution is 7.93. The fraction of sp³-hybridized carbons (Fsp3) is 0.240. The zero-order chi connectivity index (χ0) is 26.3. The number of hydrogen-bond donors (Lipinski definition) is 3. The summed E-state index contributed by atoms with van der Waals surface area (Å²) in [5.41, 5.74) is 1.93. The highest BCUT2D eigenvalue weighted by Gasteiger charge is 2.25. The van der Waals surface area contributed by atoms with E-state index in [1.165, 1.54) is 25.3 Å². The van der Waals surface area contributed by atoms with Crippen LogP contribution in [0.3, 0.4) is 0 Å². The van der Waals surface area contributed by atoms with Crippen LogP contribution in [0.15, 0.2) is 76.5 Å². The second kappa shape index (κ2) is 11.4. The molecule has 3 rings (SSSR count). The normalized spacial score (nSPS) is 11.6. The average molecular weight is 533 g/mol. The van der Waals surface area contributed by atoms with Gasteiger partial charge in [-0.1, -0.05) is 49.7 Å². The Labute approximate surface area is 211 Å². The Morgan fingerprint density at radius 1 is 0.833 bits per heavy atom. The van der Waals surface area contributed by atoms with Crippen LogP contribution in [0.5, 0.6) is 5.75 Å². The van der Waals surface area contributed by atoms with E-state index in [0.29, 0.717) is 17.7 Å². The maximum Gasteiger partial charge on any atom is 0.303 e. The van der Waals surface area contributed by atoms with Crippen LogP contribution in [-0.4, -0.2) is 35.0 Å². The molecule has 3 aromatic carbocycles. The summed E-state index contributed by atoms with van der Waals surface area (Å²) in [5.74, 6) is -1.06. The molecule has 0 fully saturated rings. The number of methoxy groups -OCH3 is 1. The number of ether oxygens (including phenoxy) is 1. The van der Waals surface area contributed by atoms with Gasteiger partial charge in [-0.05, 0) is 54.3 Å². The van der Waals surface area contributed by atoms with Crippen molar-refractivity contribution in [2.45, 2.75) is 42.4 Å². The van der Waals surface area contributed by atoms with E-state index in [9.17, 15) is 21.6 Å². The molecule has 36 heavy (non-hydrogen) atoms. The number of aryl methyl sites for hydroxylation is 2. The third kappa shape index (κ3) is 6.55. The summed E-state index contributed by atoms with van der Waals surface area (Å²) in [4.78, 5) is 10.3. The summed E-state index contributed by atoms with van der Waals surface area (Å²) in [6.07, 6.45) is 1.43. The minimum Gasteiger partial charge on any atom is -0.495 e. The lowest BCUT2D eigenvalue weighted by Crippen LogP contribution is -2.18. The molecule has 0 atom stereocenters. The first kappa shape index (κ1) is 27.0. The first-order chi connectivity index (χ1) is 17.1. The van der Waals surface area contributed by atoms with E-state index in [0.717, 1.165) is 18.1 Å². The molecular weight excluding hydrogens is 504 g/mol. The maximum atomic E-state index is 13.3. The van der Waals surface area contributed by atoms with Gasteiger partial charge < -0.3 is 9.84 Å². The minimum absolute atomic E-state index is 0.0455. The van der Waals surface area contributed by atoms with Gasteiger partial charge in [0.05, 0.1) is 23.4 Å². The molecule has 0 heterocycles. The number of hydrogen-bond acceptors (Lipinski definition) is 6. The third-order valence-electron chi connectivity index (χ3n) is 5.39. The summed E-state index contributed by atoms with van der Waals surface area (Å²) in [6, 6.07) is 17.0. The molecule has 0 unspecified atom stereocenters. The highest BCUT2D eigenvalue weighted by atomic mass is 32.2. The van der Waals surface area contributed by atoms with Crippen LogP contribution in [-0.2, 0) is 37.7 Å². The minimum atomic E-state index is -4.30. The topological polar surface area (TPSA) is 139 Å². The number of aliphatic carboxylic acids is 1. The van der Waals surface area contributed by atoms with Gasteiger partial charge in [-0.3, -0.25) is 14.2 Å². The molecule has 0 radical (unpaired) electrons. The number of rotatable bonds is 12. The molecule has 0 saturated heterocycles. The predicted octanol–water partition coefficient (Wildman–Crippen LogP) is 4.27. The van der Waals surface area contributed by atoms with Gasteiger partial charge in [0.1, 0.15) is 10.6 Å². The molecule has 0 aromatic heterocycles. The smallest absolute Gasteiger partial charge is 0.303 e. The fourth-order valence-electron chi connectivity index (χ4n) is 3.62. The lowest BCUT2D eigenvalue weighted by molar-refractivity contribution is -0.136. The largest absolute Gasteiger partial charge is 0.495 e. The number of sulfonamides is 2. The van der Waals surface area contributed by atoms with Gasteiger partial charge in [0.15, 0.2) is 0 Å². The van der Waals surface area contributed by atoms with Crippen molar-refractivity contribution in [3.05, 3.63) is 77.9 Å². The van der Waals surface area contributed by atoms with Gasteiger partial charge in [-0.2, -0.15) is 0 Å². The van der Waals surface area contributed by atoms with E-state index in [1.54, 1.807) is 30.3 Å². The molecule has 192 valence electrons. The molecular formula is C25H28N2O7S2. The number of anilines is 2. The van der Waals surface area contributed by atoms with Crippen molar-refractivity contribution in [2.75, 3.05) is 16.6 Å². The zero-order valence-electron chi connectivity index (χ0n) is 19.9. The van der Waals surface area contributed by atoms with Gasteiger partial charge in [-0.25, -0.2) is 16.8 Å². The van der Waals surface area contributed by atoms with Crippen LogP contribution >= 0.6 is 0 Å². The van der Waals surface area contributed by atoms with E-state index in [-0.39, 0.29) is 34.1 Å². The van der Waals surface area contributed by atoms with Crippen LogP contribution < -0.4 is 14.2 Å². The van der Waals surface area contributed by atoms with E-state index in [1.807, 2.05) is 19.1 Å². The van der Waals surface area contributed by atoms with Crippen molar-refractivity contribution in [1.82, 2.24) is 0 Å². The summed E-state index contributed by atoms with van der Waals surface area (Å²) in [7, 11) is -7.15. The maximum absolute atomic E-state index is 13.3. The number of carboxylic acid groups (broad SMARTS) is 1. The first-order valence-corrected chi connectivity index (χ1v) is 14.2. The van der Waals surface area contributed by atoms with Crippen LogP contribution in [0.4, 0.5) is 11.4 Å². The molecule has 0 aliphatic carbocycles. The van der Waals surface area contributed by atoms with Gasteiger partial charge in [-0.15, -0.1) is 0 Å². The van der Waals surface area contributed by atoms with Crippen LogP contribution in [0.2, 0.25) is 0 Å². The number of nitrogens with one attached hydrogen (secondary N) is 2. The lowest BCUT2D eigenvalue weighted by Gasteiger charge is -2.16. The second-order valence-electron chi connectivity index (χ2n) is 7.98. The number of carboxylic acids is 1. The quantitative estimate of drug-likeness (QED) is 0.317. The molecule has 3 N–H and O–H groups in total. The Balaban J connectivity index is 1.98. The summed E-state index contributed by atoms with van der Waals surface area (Å²) >= 11 is 0. The van der Waals surface area contributed by atoms with Gasteiger partial charge in [0.2, 0.25) is 0 Å². The van der Waals surface area contributed by atoms with E-state index in [4.69, 9.17) is 9.84 Å². The van der Waals surface area contributed by atoms with Gasteiger partial charge in [0.25, 0.3) is 20.0 Å². The summed E-state index contributed by atoms with van der Waals surface area (Å²) in [5, 5.41) is 8.99. The molecule has 0 amide bonds. The second-order valence-corrected chi connectivity index (χ2v) is 11.3. The molecule has 0 aliphatic heterocycles. The molecule has 0 aliphatic rings. The van der Waals surface area contributed by atoms with Crippen molar-refractivity contribution >= 4 is 37.4 Å². The highest BCUT2D eigenvalue weighted by Crippen LogP contribution is 2.31. The number of para-hydroxylation sites is 2. The van der Waals surface area contributed by atoms with Crippen LogP contribution in [0.1, 0.15) is 30.9 Å². The first-order valence-electron chi connectivity index (χ1n) is 11.2. The van der Waals surface area contributed by atoms with Crippen molar-refractivity contribution in [3.8, 4) is 5.75 Å². The van der Waals surface area contributed by atoms with E-state index >= 15 is 0 Å². The number of carbonyl (C=O) groups is 1.